The summed E-state index contributed by atoms with van der Waals surface area (Å²) in [6.07, 6.45) is 0.648. The van der Waals surface area contributed by atoms with Gasteiger partial charge >= 0.3 is 13.5 Å². The van der Waals surface area contributed by atoms with Gasteiger partial charge in [0.2, 0.25) is 0 Å². The van der Waals surface area contributed by atoms with Gasteiger partial charge in [0.1, 0.15) is 18.0 Å². The van der Waals surface area contributed by atoms with Crippen molar-refractivity contribution in [3.63, 3.8) is 0 Å². The normalized spacial score (nSPS) is 21.0. The quantitative estimate of drug-likeness (QED) is 0.795. The Hall–Kier alpha value is -1.85. The van der Waals surface area contributed by atoms with E-state index >= 15 is 0 Å². The van der Waals surface area contributed by atoms with Crippen LogP contribution in [0.25, 0.3) is 0 Å². The Kier molecular flexibility index (Phi) is 5.45. The van der Waals surface area contributed by atoms with Gasteiger partial charge in [0.05, 0.1) is 11.9 Å². The third kappa shape index (κ3) is 4.22. The second kappa shape index (κ2) is 7.58. The number of nitrogens with zero attached hydrogens (tertiary/aromatic N) is 1. The molecule has 132 valence electrons. The van der Waals surface area contributed by atoms with Gasteiger partial charge in [-0.3, -0.25) is 9.36 Å². The average Bonchev–Trinajstić information content (AvgIpc) is 2.59. The number of rotatable bonds is 5. The standard InChI is InChI=1S/C17H17ClNO5P/c18-13-2-4-14(5-3-13)24-15-6-8-16(9-7-15)25(22)19(12-17(20)21)10-1-11-23-25/h2-9H,1,10-12H2,(H,20,21). The minimum Gasteiger partial charge on any atom is -0.480 e. The molecule has 25 heavy (non-hydrogen) atoms. The molecule has 2 aromatic rings. The number of hydrogen-bond acceptors (Lipinski definition) is 4. The summed E-state index contributed by atoms with van der Waals surface area (Å²) in [6, 6.07) is 13.6. The second-order valence-corrected chi connectivity index (χ2v) is 8.36. The van der Waals surface area contributed by atoms with Crippen LogP contribution < -0.4 is 10.0 Å². The van der Waals surface area contributed by atoms with Crippen LogP contribution in [0.1, 0.15) is 6.42 Å². The van der Waals surface area contributed by atoms with Crippen molar-refractivity contribution in [3.05, 3.63) is 53.6 Å². The van der Waals surface area contributed by atoms with Gasteiger partial charge in [-0.1, -0.05) is 11.6 Å². The van der Waals surface area contributed by atoms with E-state index in [1.54, 1.807) is 48.5 Å². The average molecular weight is 382 g/mol. The summed E-state index contributed by atoms with van der Waals surface area (Å²) < 4.78 is 25.8. The molecule has 1 unspecified atom stereocenters. The van der Waals surface area contributed by atoms with Crippen LogP contribution in [0.5, 0.6) is 11.5 Å². The maximum Gasteiger partial charge on any atom is 0.318 e. The molecule has 0 saturated carbocycles. The first kappa shape index (κ1) is 18.0. The van der Waals surface area contributed by atoms with E-state index in [9.17, 15) is 9.36 Å². The van der Waals surface area contributed by atoms with Gasteiger partial charge in [-0.15, -0.1) is 0 Å². The van der Waals surface area contributed by atoms with Crippen LogP contribution in [0.3, 0.4) is 0 Å². The minimum atomic E-state index is -3.36. The summed E-state index contributed by atoms with van der Waals surface area (Å²) in [4.78, 5) is 11.0. The van der Waals surface area contributed by atoms with Gasteiger partial charge in [-0.25, -0.2) is 4.67 Å². The molecular formula is C17H17ClNO5P. The fraction of sp³-hybridized carbons (Fsp3) is 0.235. The molecule has 1 aliphatic heterocycles. The van der Waals surface area contributed by atoms with E-state index in [-0.39, 0.29) is 6.54 Å². The lowest BCUT2D eigenvalue weighted by molar-refractivity contribution is -0.137. The predicted octanol–water partition coefficient (Wildman–Crippen LogP) is 3.76. The number of ether oxygens (including phenoxy) is 1. The molecule has 0 radical (unpaired) electrons. The van der Waals surface area contributed by atoms with E-state index in [1.165, 1.54) is 4.67 Å². The monoisotopic (exact) mass is 381 g/mol. The van der Waals surface area contributed by atoms with E-state index < -0.39 is 13.5 Å². The fourth-order valence-electron chi connectivity index (χ4n) is 2.56. The molecule has 8 heteroatoms. The van der Waals surface area contributed by atoms with E-state index in [1.807, 2.05) is 0 Å². The summed E-state index contributed by atoms with van der Waals surface area (Å²) in [7, 11) is -3.36. The Labute approximate surface area is 150 Å². The van der Waals surface area contributed by atoms with Crippen LogP contribution in [-0.2, 0) is 13.9 Å². The molecule has 1 aliphatic rings. The predicted molar refractivity (Wildman–Crippen MR) is 95.0 cm³/mol. The molecule has 3 rings (SSSR count). The number of carbonyl (C=O) groups is 1. The van der Waals surface area contributed by atoms with Crippen LogP contribution in [0, 0.1) is 0 Å². The molecule has 0 bridgehead atoms. The fourth-order valence-corrected chi connectivity index (χ4v) is 4.94. The number of hydrogen-bond donors (Lipinski definition) is 1. The van der Waals surface area contributed by atoms with Crippen molar-refractivity contribution in [3.8, 4) is 11.5 Å². The van der Waals surface area contributed by atoms with E-state index in [0.29, 0.717) is 41.4 Å². The third-order valence-electron chi connectivity index (χ3n) is 3.73. The maximum atomic E-state index is 13.2. The highest BCUT2D eigenvalue weighted by Gasteiger charge is 2.37. The summed E-state index contributed by atoms with van der Waals surface area (Å²) in [6.45, 7) is 0.448. The summed E-state index contributed by atoms with van der Waals surface area (Å²) in [5.74, 6) is 0.165. The van der Waals surface area contributed by atoms with Gasteiger partial charge in [-0.05, 0) is 55.0 Å². The molecule has 0 aromatic heterocycles. The molecule has 1 N–H and O–H groups in total. The molecule has 0 aliphatic carbocycles. The number of halogens is 1. The van der Waals surface area contributed by atoms with Crippen molar-refractivity contribution in [1.29, 1.82) is 0 Å². The van der Waals surface area contributed by atoms with Gasteiger partial charge in [-0.2, -0.15) is 0 Å². The van der Waals surface area contributed by atoms with E-state index in [4.69, 9.17) is 26.0 Å². The Bertz CT molecular complexity index is 794. The van der Waals surface area contributed by atoms with Gasteiger partial charge in [0.15, 0.2) is 0 Å². The van der Waals surface area contributed by atoms with Gasteiger partial charge < -0.3 is 14.4 Å². The van der Waals surface area contributed by atoms with E-state index in [2.05, 4.69) is 0 Å². The first-order valence-electron chi connectivity index (χ1n) is 7.73. The zero-order valence-corrected chi connectivity index (χ0v) is 15.0. The van der Waals surface area contributed by atoms with Gasteiger partial charge in [0, 0.05) is 11.6 Å². The van der Waals surface area contributed by atoms with Crippen LogP contribution in [0.15, 0.2) is 48.5 Å². The van der Waals surface area contributed by atoms with Crippen molar-refractivity contribution < 1.29 is 23.7 Å². The highest BCUT2D eigenvalue weighted by molar-refractivity contribution is 7.64. The summed E-state index contributed by atoms with van der Waals surface area (Å²) in [5, 5.41) is 10.1. The SMILES string of the molecule is O=C(O)CN1CCCOP1(=O)c1ccc(Oc2ccc(Cl)cc2)cc1. The lowest BCUT2D eigenvalue weighted by Crippen LogP contribution is -2.36. The maximum absolute atomic E-state index is 13.2. The molecule has 1 fully saturated rings. The Morgan fingerprint density at radius 3 is 2.36 bits per heavy atom. The molecule has 1 heterocycles. The zero-order chi connectivity index (χ0) is 17.9. The summed E-state index contributed by atoms with van der Waals surface area (Å²) in [5.41, 5.74) is 0. The second-order valence-electron chi connectivity index (χ2n) is 5.54. The first-order valence-corrected chi connectivity index (χ1v) is 9.69. The van der Waals surface area contributed by atoms with Crippen molar-refractivity contribution in [2.24, 2.45) is 0 Å². The minimum absolute atomic E-state index is 0.319. The molecule has 2 aromatic carbocycles. The molecular weight excluding hydrogens is 365 g/mol. The first-order chi connectivity index (χ1) is 12.0. The Balaban J connectivity index is 1.79. The molecule has 1 saturated heterocycles. The zero-order valence-electron chi connectivity index (χ0n) is 13.3. The highest BCUT2D eigenvalue weighted by Crippen LogP contribution is 2.52. The summed E-state index contributed by atoms with van der Waals surface area (Å²) >= 11 is 5.84. The van der Waals surface area contributed by atoms with Crippen molar-refractivity contribution in [2.45, 2.75) is 6.42 Å². The van der Waals surface area contributed by atoms with Gasteiger partial charge in [0.25, 0.3) is 0 Å². The lowest BCUT2D eigenvalue weighted by Gasteiger charge is -2.34. The number of aliphatic carboxylic acids is 1. The molecule has 0 amide bonds. The van der Waals surface area contributed by atoms with Crippen molar-refractivity contribution in [2.75, 3.05) is 19.7 Å². The molecule has 6 nitrogen and oxygen atoms in total. The number of carboxylic acid groups (broad SMARTS) is 1. The Morgan fingerprint density at radius 1 is 1.16 bits per heavy atom. The highest BCUT2D eigenvalue weighted by atomic mass is 35.5. The van der Waals surface area contributed by atoms with Crippen LogP contribution in [-0.4, -0.2) is 35.4 Å². The molecule has 0 spiro atoms. The lowest BCUT2D eigenvalue weighted by atomic mass is 10.3. The van der Waals surface area contributed by atoms with Crippen LogP contribution in [0.2, 0.25) is 5.02 Å². The topological polar surface area (TPSA) is 76.1 Å². The number of benzene rings is 2. The van der Waals surface area contributed by atoms with Crippen molar-refractivity contribution in [1.82, 2.24) is 4.67 Å². The van der Waals surface area contributed by atoms with Crippen LogP contribution in [0.4, 0.5) is 0 Å². The smallest absolute Gasteiger partial charge is 0.318 e. The molecule has 1 atom stereocenters. The van der Waals surface area contributed by atoms with Crippen LogP contribution >= 0.6 is 19.1 Å². The Morgan fingerprint density at radius 2 is 1.76 bits per heavy atom. The van der Waals surface area contributed by atoms with E-state index in [0.717, 1.165) is 0 Å². The largest absolute Gasteiger partial charge is 0.480 e. The number of carboxylic acids is 1. The van der Waals surface area contributed by atoms with Crippen molar-refractivity contribution >= 4 is 30.4 Å². The third-order valence-corrected chi connectivity index (χ3v) is 6.55.